The van der Waals surface area contributed by atoms with E-state index >= 15 is 0 Å². The molecule has 1 atom stereocenters. The number of ether oxygens (including phenoxy) is 2. The second-order valence-electron chi connectivity index (χ2n) is 6.02. The number of benzene rings is 2. The minimum Gasteiger partial charge on any atom is -0.493 e. The van der Waals surface area contributed by atoms with Crippen molar-refractivity contribution in [2.75, 3.05) is 11.9 Å². The summed E-state index contributed by atoms with van der Waals surface area (Å²) in [7, 11) is 0. The predicted octanol–water partition coefficient (Wildman–Crippen LogP) is 4.80. The van der Waals surface area contributed by atoms with E-state index in [4.69, 9.17) is 21.1 Å². The first kappa shape index (κ1) is 17.8. The van der Waals surface area contributed by atoms with E-state index in [1.165, 1.54) is 11.3 Å². The maximum atomic E-state index is 12.6. The lowest BCUT2D eigenvalue weighted by molar-refractivity contribution is -0.122. The number of nitrogens with zero attached hydrogens (tertiary/aromatic N) is 1. The maximum Gasteiger partial charge on any atom is 0.267 e. The Morgan fingerprint density at radius 1 is 1.37 bits per heavy atom. The van der Waals surface area contributed by atoms with E-state index in [0.717, 1.165) is 22.6 Å². The number of carbonyl (C=O) groups is 1. The summed E-state index contributed by atoms with van der Waals surface area (Å²) in [6.45, 7) is 2.52. The first-order valence-electron chi connectivity index (χ1n) is 8.57. The van der Waals surface area contributed by atoms with Gasteiger partial charge in [0.25, 0.3) is 5.91 Å². The molecule has 3 aromatic rings. The van der Waals surface area contributed by atoms with Gasteiger partial charge in [-0.05, 0) is 42.8 Å². The number of anilines is 1. The molecule has 2 aromatic carbocycles. The van der Waals surface area contributed by atoms with Crippen molar-refractivity contribution in [1.29, 1.82) is 0 Å². The number of hydrogen-bond acceptors (Lipinski definition) is 5. The van der Waals surface area contributed by atoms with Crippen LogP contribution in [0.3, 0.4) is 0 Å². The van der Waals surface area contributed by atoms with Crippen molar-refractivity contribution >= 4 is 34.0 Å². The van der Waals surface area contributed by atoms with Crippen LogP contribution in [0.15, 0.2) is 47.8 Å². The monoisotopic (exact) mass is 400 g/mol. The molecular formula is C20H17ClN2O3S. The fraction of sp³-hybridized carbons (Fsp3) is 0.200. The smallest absolute Gasteiger partial charge is 0.267 e. The molecule has 1 aliphatic rings. The molecule has 1 aliphatic heterocycles. The minimum atomic E-state index is -0.582. The Hall–Kier alpha value is -2.57. The summed E-state index contributed by atoms with van der Waals surface area (Å²) < 4.78 is 11.4. The summed E-state index contributed by atoms with van der Waals surface area (Å²) in [5, 5.41) is 5.91. The normalized spacial score (nSPS) is 15.1. The number of amides is 1. The number of aromatic nitrogens is 1. The van der Waals surface area contributed by atoms with Crippen LogP contribution in [0.4, 0.5) is 5.13 Å². The highest BCUT2D eigenvalue weighted by molar-refractivity contribution is 7.14. The molecule has 1 unspecified atom stereocenters. The molecule has 0 aliphatic carbocycles. The zero-order valence-corrected chi connectivity index (χ0v) is 16.1. The first-order chi connectivity index (χ1) is 13.1. The summed E-state index contributed by atoms with van der Waals surface area (Å²) in [6.07, 6.45) is -0.0887. The summed E-state index contributed by atoms with van der Waals surface area (Å²) in [5.74, 6) is 1.25. The average Bonchev–Trinajstić information content (AvgIpc) is 3.29. The third kappa shape index (κ3) is 3.77. The van der Waals surface area contributed by atoms with Crippen molar-refractivity contribution in [3.8, 4) is 22.8 Å². The summed E-state index contributed by atoms with van der Waals surface area (Å²) in [4.78, 5) is 17.1. The van der Waals surface area contributed by atoms with Crippen molar-refractivity contribution in [3.63, 3.8) is 0 Å². The number of halogens is 1. The van der Waals surface area contributed by atoms with Gasteiger partial charge in [-0.1, -0.05) is 23.7 Å². The molecule has 5 nitrogen and oxygen atoms in total. The van der Waals surface area contributed by atoms with E-state index in [-0.39, 0.29) is 5.91 Å². The molecule has 7 heteroatoms. The van der Waals surface area contributed by atoms with Gasteiger partial charge in [-0.2, -0.15) is 0 Å². The van der Waals surface area contributed by atoms with Gasteiger partial charge in [0, 0.05) is 22.4 Å². The number of carbonyl (C=O) groups excluding carboxylic acids is 1. The Bertz CT molecular complexity index is 989. The Morgan fingerprint density at radius 2 is 2.22 bits per heavy atom. The topological polar surface area (TPSA) is 60.5 Å². The Morgan fingerprint density at radius 3 is 3.07 bits per heavy atom. The third-order valence-corrected chi connectivity index (χ3v) is 5.18. The number of nitrogens with one attached hydrogen (secondary N) is 1. The maximum absolute atomic E-state index is 12.6. The van der Waals surface area contributed by atoms with Gasteiger partial charge >= 0.3 is 0 Å². The van der Waals surface area contributed by atoms with E-state index in [0.29, 0.717) is 28.9 Å². The van der Waals surface area contributed by atoms with E-state index in [1.54, 1.807) is 12.1 Å². The number of rotatable bonds is 5. The highest BCUT2D eigenvalue weighted by atomic mass is 35.5. The van der Waals surface area contributed by atoms with Crippen LogP contribution in [0.2, 0.25) is 5.02 Å². The van der Waals surface area contributed by atoms with Crippen LogP contribution in [0.5, 0.6) is 11.5 Å². The van der Waals surface area contributed by atoms with Crippen molar-refractivity contribution in [2.45, 2.75) is 19.4 Å². The zero-order chi connectivity index (χ0) is 18.8. The molecule has 27 heavy (non-hydrogen) atoms. The third-order valence-electron chi connectivity index (χ3n) is 4.19. The van der Waals surface area contributed by atoms with Gasteiger partial charge in [0.2, 0.25) is 0 Å². The quantitative estimate of drug-likeness (QED) is 0.668. The minimum absolute atomic E-state index is 0.221. The summed E-state index contributed by atoms with van der Waals surface area (Å²) >= 11 is 7.37. The Labute approximate surface area is 165 Å². The first-order valence-corrected chi connectivity index (χ1v) is 9.83. The Balaban J connectivity index is 1.47. The summed E-state index contributed by atoms with van der Waals surface area (Å²) in [6, 6.07) is 13.1. The fourth-order valence-corrected chi connectivity index (χ4v) is 3.87. The second kappa shape index (κ2) is 7.58. The molecule has 1 amide bonds. The lowest BCUT2D eigenvalue weighted by Gasteiger charge is -2.09. The lowest BCUT2D eigenvalue weighted by Crippen LogP contribution is -2.31. The van der Waals surface area contributed by atoms with Crippen molar-refractivity contribution in [2.24, 2.45) is 0 Å². The predicted molar refractivity (Wildman–Crippen MR) is 107 cm³/mol. The Kier molecular flexibility index (Phi) is 5.01. The number of fused-ring (bicyclic) bond motifs is 1. The molecule has 4 rings (SSSR count). The van der Waals surface area contributed by atoms with Crippen LogP contribution in [0.25, 0.3) is 11.3 Å². The van der Waals surface area contributed by atoms with Gasteiger partial charge in [0.15, 0.2) is 11.2 Å². The van der Waals surface area contributed by atoms with Crippen molar-refractivity contribution in [1.82, 2.24) is 4.98 Å². The molecule has 2 heterocycles. The van der Waals surface area contributed by atoms with Crippen molar-refractivity contribution < 1.29 is 14.3 Å². The molecule has 0 fully saturated rings. The van der Waals surface area contributed by atoms with Crippen molar-refractivity contribution in [3.05, 3.63) is 58.4 Å². The van der Waals surface area contributed by atoms with E-state index in [2.05, 4.69) is 10.3 Å². The summed E-state index contributed by atoms with van der Waals surface area (Å²) in [5.41, 5.74) is 2.60. The number of thiazole rings is 1. The SMILES string of the molecule is CCOc1ccccc1-c1csc(NC(=O)C2Cc3cc(Cl)ccc3O2)n1. The van der Waals surface area contributed by atoms with Crippen LogP contribution >= 0.6 is 22.9 Å². The van der Waals surface area contributed by atoms with E-state index in [1.807, 2.05) is 42.6 Å². The van der Waals surface area contributed by atoms with E-state index < -0.39 is 6.10 Å². The molecule has 1 aromatic heterocycles. The molecule has 0 spiro atoms. The standard InChI is InChI=1S/C20H17ClN2O3S/c1-2-25-17-6-4-3-5-14(17)15-11-27-20(22-15)23-19(24)18-10-12-9-13(21)7-8-16(12)26-18/h3-9,11,18H,2,10H2,1H3,(H,22,23,24). The van der Waals surface area contributed by atoms with Gasteiger partial charge in [0.1, 0.15) is 11.5 Å². The van der Waals surface area contributed by atoms with Crippen LogP contribution in [0.1, 0.15) is 12.5 Å². The lowest BCUT2D eigenvalue weighted by atomic mass is 10.1. The van der Waals surface area contributed by atoms with Crippen LogP contribution in [-0.2, 0) is 11.2 Å². The largest absolute Gasteiger partial charge is 0.493 e. The van der Waals surface area contributed by atoms with Gasteiger partial charge in [0.05, 0.1) is 12.3 Å². The average molecular weight is 401 g/mol. The van der Waals surface area contributed by atoms with Crippen LogP contribution < -0.4 is 14.8 Å². The van der Waals surface area contributed by atoms with Gasteiger partial charge in [-0.25, -0.2) is 4.98 Å². The van der Waals surface area contributed by atoms with E-state index in [9.17, 15) is 4.79 Å². The fourth-order valence-electron chi connectivity index (χ4n) is 2.96. The molecule has 0 saturated heterocycles. The zero-order valence-electron chi connectivity index (χ0n) is 14.6. The van der Waals surface area contributed by atoms with Crippen LogP contribution in [0, 0.1) is 0 Å². The van der Waals surface area contributed by atoms with Gasteiger partial charge in [-0.15, -0.1) is 11.3 Å². The van der Waals surface area contributed by atoms with Crippen LogP contribution in [-0.4, -0.2) is 23.6 Å². The highest BCUT2D eigenvalue weighted by Crippen LogP contribution is 2.34. The molecule has 0 bridgehead atoms. The molecule has 0 radical (unpaired) electrons. The molecular weight excluding hydrogens is 384 g/mol. The van der Waals surface area contributed by atoms with Gasteiger partial charge < -0.3 is 9.47 Å². The molecule has 138 valence electrons. The molecule has 1 N–H and O–H groups in total. The number of para-hydroxylation sites is 1. The van der Waals surface area contributed by atoms with Gasteiger partial charge in [-0.3, -0.25) is 10.1 Å². The second-order valence-corrected chi connectivity index (χ2v) is 7.31. The number of hydrogen-bond donors (Lipinski definition) is 1. The highest BCUT2D eigenvalue weighted by Gasteiger charge is 2.29. The molecule has 0 saturated carbocycles.